The van der Waals surface area contributed by atoms with Crippen LogP contribution in [0.15, 0.2) is 29.8 Å². The van der Waals surface area contributed by atoms with Crippen molar-refractivity contribution in [2.75, 3.05) is 19.6 Å². The lowest BCUT2D eigenvalue weighted by Crippen LogP contribution is -2.41. The Kier molecular flexibility index (Phi) is 9.21. The third-order valence-corrected chi connectivity index (χ3v) is 4.69. The number of thiazole rings is 1. The van der Waals surface area contributed by atoms with Crippen LogP contribution in [0, 0.1) is 5.92 Å². The molecule has 2 aromatic heterocycles. The van der Waals surface area contributed by atoms with E-state index in [0.717, 1.165) is 48.7 Å². The largest absolute Gasteiger partial charge is 0.355 e. The number of halogens is 2. The first-order valence-electron chi connectivity index (χ1n) is 7.67. The molecule has 0 saturated carbocycles. The number of nitrogens with one attached hydrogen (secondary N) is 2. The molecule has 24 heavy (non-hydrogen) atoms. The molecule has 1 atom stereocenters. The van der Waals surface area contributed by atoms with E-state index in [2.05, 4.69) is 20.6 Å². The van der Waals surface area contributed by atoms with Gasteiger partial charge in [-0.05, 0) is 31.5 Å². The lowest BCUT2D eigenvalue weighted by molar-refractivity contribution is -0.125. The van der Waals surface area contributed by atoms with Crippen molar-refractivity contribution >= 4 is 42.1 Å². The van der Waals surface area contributed by atoms with Gasteiger partial charge in [0.15, 0.2) is 0 Å². The summed E-state index contributed by atoms with van der Waals surface area (Å²) in [6.07, 6.45) is 4.61. The number of piperidine rings is 1. The van der Waals surface area contributed by atoms with E-state index in [0.29, 0.717) is 6.54 Å². The summed E-state index contributed by atoms with van der Waals surface area (Å²) in [5, 5.41) is 9.34. The molecule has 1 amide bonds. The number of carbonyl (C=O) groups is 1. The minimum atomic E-state index is 0. The molecule has 0 aromatic carbocycles. The summed E-state index contributed by atoms with van der Waals surface area (Å²) in [6.45, 7) is 2.47. The van der Waals surface area contributed by atoms with Crippen LogP contribution in [0.2, 0.25) is 0 Å². The predicted molar refractivity (Wildman–Crippen MR) is 102 cm³/mol. The minimum Gasteiger partial charge on any atom is -0.355 e. The van der Waals surface area contributed by atoms with Crippen LogP contribution in [0.25, 0.3) is 11.4 Å². The van der Waals surface area contributed by atoms with Gasteiger partial charge in [0.1, 0.15) is 0 Å². The van der Waals surface area contributed by atoms with Gasteiger partial charge in [-0.3, -0.25) is 9.78 Å². The maximum atomic E-state index is 12.0. The topological polar surface area (TPSA) is 66.9 Å². The minimum absolute atomic E-state index is 0. The molecule has 0 radical (unpaired) electrons. The van der Waals surface area contributed by atoms with E-state index in [4.69, 9.17) is 0 Å². The van der Waals surface area contributed by atoms with Gasteiger partial charge >= 0.3 is 0 Å². The monoisotopic (exact) mass is 388 g/mol. The second-order valence-corrected chi connectivity index (χ2v) is 6.37. The molecular formula is C16H22Cl2N4OS. The number of hydrogen-bond acceptors (Lipinski definition) is 5. The van der Waals surface area contributed by atoms with Gasteiger partial charge < -0.3 is 10.6 Å². The van der Waals surface area contributed by atoms with Crippen molar-refractivity contribution < 1.29 is 4.79 Å². The van der Waals surface area contributed by atoms with E-state index in [9.17, 15) is 4.79 Å². The lowest BCUT2D eigenvalue weighted by Gasteiger charge is -2.21. The molecule has 5 nitrogen and oxygen atoms in total. The standard InChI is InChI=1S/C16H20N4OS.2ClH/c21-16(12-4-3-7-17-10-12)19-9-6-15-20-14(11-22-15)13-5-1-2-8-18-13;;/h1-2,5,8,11-12,17H,3-4,6-7,9-10H2,(H,19,21);2*1H. The number of amides is 1. The van der Waals surface area contributed by atoms with Gasteiger partial charge in [-0.2, -0.15) is 0 Å². The zero-order chi connectivity index (χ0) is 15.2. The molecule has 1 fully saturated rings. The van der Waals surface area contributed by atoms with Crippen molar-refractivity contribution in [3.05, 3.63) is 34.8 Å². The van der Waals surface area contributed by atoms with Gasteiger partial charge in [0.25, 0.3) is 0 Å². The summed E-state index contributed by atoms with van der Waals surface area (Å²) in [6, 6.07) is 5.81. The molecule has 0 spiro atoms. The first-order chi connectivity index (χ1) is 10.8. The van der Waals surface area contributed by atoms with Crippen LogP contribution < -0.4 is 10.6 Å². The van der Waals surface area contributed by atoms with Crippen LogP contribution in [0.3, 0.4) is 0 Å². The van der Waals surface area contributed by atoms with Crippen molar-refractivity contribution in [3.8, 4) is 11.4 Å². The van der Waals surface area contributed by atoms with Gasteiger partial charge in [-0.25, -0.2) is 4.98 Å². The molecule has 3 heterocycles. The Labute approximate surface area is 158 Å². The molecule has 8 heteroatoms. The molecule has 2 N–H and O–H groups in total. The number of pyridine rings is 1. The van der Waals surface area contributed by atoms with Gasteiger partial charge in [0, 0.05) is 31.1 Å². The molecule has 1 aliphatic heterocycles. The van der Waals surface area contributed by atoms with Gasteiger partial charge in [0.05, 0.1) is 22.3 Å². The molecule has 0 bridgehead atoms. The molecule has 1 saturated heterocycles. The highest BCUT2D eigenvalue weighted by Gasteiger charge is 2.20. The quantitative estimate of drug-likeness (QED) is 0.825. The summed E-state index contributed by atoms with van der Waals surface area (Å²) >= 11 is 1.62. The predicted octanol–water partition coefficient (Wildman–Crippen LogP) is 2.71. The van der Waals surface area contributed by atoms with Gasteiger partial charge in [0.2, 0.25) is 5.91 Å². The third kappa shape index (κ3) is 5.70. The molecular weight excluding hydrogens is 367 g/mol. The van der Waals surface area contributed by atoms with E-state index in [1.165, 1.54) is 0 Å². The van der Waals surface area contributed by atoms with Crippen LogP contribution in [-0.4, -0.2) is 35.5 Å². The molecule has 2 aromatic rings. The Morgan fingerprint density at radius 3 is 2.92 bits per heavy atom. The molecule has 1 aliphatic rings. The number of carbonyl (C=O) groups excluding carboxylic acids is 1. The summed E-state index contributed by atoms with van der Waals surface area (Å²) in [5.74, 6) is 0.280. The Morgan fingerprint density at radius 2 is 2.21 bits per heavy atom. The normalized spacial score (nSPS) is 16.6. The zero-order valence-corrected chi connectivity index (χ0v) is 15.7. The van der Waals surface area contributed by atoms with E-state index in [-0.39, 0.29) is 36.6 Å². The first-order valence-corrected chi connectivity index (χ1v) is 8.55. The maximum absolute atomic E-state index is 12.0. The van der Waals surface area contributed by atoms with Crippen LogP contribution >= 0.6 is 36.2 Å². The van der Waals surface area contributed by atoms with Crippen molar-refractivity contribution in [1.29, 1.82) is 0 Å². The van der Waals surface area contributed by atoms with Crippen LogP contribution in [0.1, 0.15) is 17.8 Å². The van der Waals surface area contributed by atoms with Gasteiger partial charge in [-0.15, -0.1) is 36.2 Å². The van der Waals surface area contributed by atoms with E-state index >= 15 is 0 Å². The highest BCUT2D eigenvalue weighted by Crippen LogP contribution is 2.19. The number of aromatic nitrogens is 2. The summed E-state index contributed by atoms with van der Waals surface area (Å²) < 4.78 is 0. The van der Waals surface area contributed by atoms with Crippen molar-refractivity contribution in [3.63, 3.8) is 0 Å². The Balaban J connectivity index is 0.00000144. The summed E-state index contributed by atoms with van der Waals surface area (Å²) in [5.41, 5.74) is 1.80. The van der Waals surface area contributed by atoms with Gasteiger partial charge in [-0.1, -0.05) is 6.07 Å². The lowest BCUT2D eigenvalue weighted by atomic mass is 9.99. The highest BCUT2D eigenvalue weighted by atomic mass is 35.5. The number of hydrogen-bond donors (Lipinski definition) is 2. The fourth-order valence-electron chi connectivity index (χ4n) is 2.57. The van der Waals surface area contributed by atoms with Crippen molar-refractivity contribution in [2.45, 2.75) is 19.3 Å². The Hall–Kier alpha value is -1.21. The first kappa shape index (κ1) is 20.8. The fourth-order valence-corrected chi connectivity index (χ4v) is 3.36. The molecule has 0 aliphatic carbocycles. The smallest absolute Gasteiger partial charge is 0.224 e. The second kappa shape index (κ2) is 10.6. The fraction of sp³-hybridized carbons (Fsp3) is 0.438. The van der Waals surface area contributed by atoms with Crippen LogP contribution in [0.4, 0.5) is 0 Å². The number of nitrogens with zero attached hydrogens (tertiary/aromatic N) is 2. The summed E-state index contributed by atoms with van der Waals surface area (Å²) in [7, 11) is 0. The number of rotatable bonds is 5. The Morgan fingerprint density at radius 1 is 1.33 bits per heavy atom. The zero-order valence-electron chi connectivity index (χ0n) is 13.2. The van der Waals surface area contributed by atoms with Crippen LogP contribution in [-0.2, 0) is 11.2 Å². The van der Waals surface area contributed by atoms with Crippen LogP contribution in [0.5, 0.6) is 0 Å². The van der Waals surface area contributed by atoms with Crippen molar-refractivity contribution in [2.24, 2.45) is 5.92 Å². The molecule has 1 unspecified atom stereocenters. The highest BCUT2D eigenvalue weighted by molar-refractivity contribution is 7.09. The summed E-state index contributed by atoms with van der Waals surface area (Å²) in [4.78, 5) is 20.9. The Bertz CT molecular complexity index is 618. The molecule has 3 rings (SSSR count). The van der Waals surface area contributed by atoms with E-state index in [1.54, 1.807) is 17.5 Å². The van der Waals surface area contributed by atoms with E-state index in [1.807, 2.05) is 23.6 Å². The molecule has 132 valence electrons. The van der Waals surface area contributed by atoms with E-state index < -0.39 is 0 Å². The SMILES string of the molecule is Cl.Cl.O=C(NCCc1nc(-c2ccccn2)cs1)C1CCCNC1. The average Bonchev–Trinajstić information content (AvgIpc) is 3.05. The maximum Gasteiger partial charge on any atom is 0.224 e. The van der Waals surface area contributed by atoms with Crippen molar-refractivity contribution in [1.82, 2.24) is 20.6 Å². The second-order valence-electron chi connectivity index (χ2n) is 5.43. The third-order valence-electron chi connectivity index (χ3n) is 3.78. The average molecular weight is 389 g/mol.